The van der Waals surface area contributed by atoms with Crippen LogP contribution >= 0.6 is 0 Å². The summed E-state index contributed by atoms with van der Waals surface area (Å²) in [5.74, 6) is -0.331. The molecule has 1 unspecified atom stereocenters. The quantitative estimate of drug-likeness (QED) is 0.440. The maximum Gasteiger partial charge on any atom is 0.407 e. The fraction of sp³-hybridized carbons (Fsp3) is 0.192. The third-order valence-corrected chi connectivity index (χ3v) is 5.91. The molecule has 0 saturated carbocycles. The summed E-state index contributed by atoms with van der Waals surface area (Å²) in [7, 11) is 0. The first kappa shape index (κ1) is 21.8. The second kappa shape index (κ2) is 9.44. The van der Waals surface area contributed by atoms with E-state index in [1.54, 1.807) is 24.5 Å². The van der Waals surface area contributed by atoms with Gasteiger partial charge in [0.1, 0.15) is 11.5 Å². The molecule has 0 radical (unpaired) electrons. The lowest BCUT2D eigenvalue weighted by molar-refractivity contribution is 0.0549. The third kappa shape index (κ3) is 4.40. The molecule has 7 nitrogen and oxygen atoms in total. The van der Waals surface area contributed by atoms with Crippen molar-refractivity contribution in [3.63, 3.8) is 0 Å². The molecule has 2 aromatic heterocycles. The van der Waals surface area contributed by atoms with Gasteiger partial charge >= 0.3 is 6.09 Å². The number of fused-ring (bicyclic) bond motifs is 1. The van der Waals surface area contributed by atoms with Crippen LogP contribution in [0.2, 0.25) is 0 Å². The first-order valence-corrected chi connectivity index (χ1v) is 11.0. The lowest BCUT2D eigenvalue weighted by Crippen LogP contribution is -2.42. The molecule has 34 heavy (non-hydrogen) atoms. The van der Waals surface area contributed by atoms with Crippen molar-refractivity contribution in [1.29, 1.82) is 0 Å². The summed E-state index contributed by atoms with van der Waals surface area (Å²) in [6, 6.07) is 19.4. The van der Waals surface area contributed by atoms with Crippen LogP contribution in [0.15, 0.2) is 79.1 Å². The topological polar surface area (TPSA) is 80.5 Å². The third-order valence-electron chi connectivity index (χ3n) is 5.91. The largest absolute Gasteiger partial charge is 0.465 e. The molecular weight excluding hydrogens is 435 g/mol. The van der Waals surface area contributed by atoms with Crippen LogP contribution in [-0.4, -0.2) is 44.0 Å². The highest BCUT2D eigenvalue weighted by Crippen LogP contribution is 2.38. The molecule has 4 aromatic rings. The van der Waals surface area contributed by atoms with E-state index < -0.39 is 6.09 Å². The van der Waals surface area contributed by atoms with Crippen LogP contribution in [0.1, 0.15) is 17.3 Å². The average Bonchev–Trinajstić information content (AvgIpc) is 3.25. The SMILES string of the molecule is O=C(O)N1Cc2c(-c3ccncc3)c(-c3ccc(F)cc3)nn2C(COCc2ccccc2)C1. The van der Waals surface area contributed by atoms with Gasteiger partial charge in [0.15, 0.2) is 0 Å². The Hall–Kier alpha value is -4.04. The predicted molar refractivity (Wildman–Crippen MR) is 124 cm³/mol. The zero-order chi connectivity index (χ0) is 23.5. The number of halogens is 1. The number of carbonyl (C=O) groups is 1. The van der Waals surface area contributed by atoms with Gasteiger partial charge in [0, 0.05) is 30.1 Å². The molecule has 3 heterocycles. The molecule has 2 aromatic carbocycles. The van der Waals surface area contributed by atoms with Crippen molar-refractivity contribution in [2.75, 3.05) is 13.2 Å². The Morgan fingerprint density at radius 2 is 1.76 bits per heavy atom. The minimum atomic E-state index is -0.996. The molecule has 172 valence electrons. The Bertz CT molecular complexity index is 1280. The van der Waals surface area contributed by atoms with Gasteiger partial charge in [0.25, 0.3) is 0 Å². The minimum absolute atomic E-state index is 0.191. The van der Waals surface area contributed by atoms with E-state index in [2.05, 4.69) is 4.98 Å². The second-order valence-corrected chi connectivity index (χ2v) is 8.18. The van der Waals surface area contributed by atoms with E-state index in [4.69, 9.17) is 9.84 Å². The standard InChI is InChI=1S/C26H23FN4O3/c27-21-8-6-20(7-9-21)25-24(19-10-12-28-13-11-19)23-15-30(26(32)33)14-22(31(23)29-25)17-34-16-18-4-2-1-3-5-18/h1-13,22H,14-17H2,(H,32,33). The van der Waals surface area contributed by atoms with Crippen LogP contribution in [0.25, 0.3) is 22.4 Å². The van der Waals surface area contributed by atoms with Crippen LogP contribution in [0, 0.1) is 5.82 Å². The molecule has 0 bridgehead atoms. The molecule has 8 heteroatoms. The van der Waals surface area contributed by atoms with Gasteiger partial charge in [-0.1, -0.05) is 30.3 Å². The van der Waals surface area contributed by atoms with Crippen molar-refractivity contribution < 1.29 is 19.0 Å². The van der Waals surface area contributed by atoms with E-state index >= 15 is 0 Å². The van der Waals surface area contributed by atoms with Crippen LogP contribution in [0.3, 0.4) is 0 Å². The van der Waals surface area contributed by atoms with Crippen LogP contribution in [0.5, 0.6) is 0 Å². The Labute approximate surface area is 196 Å². The van der Waals surface area contributed by atoms with E-state index in [9.17, 15) is 14.3 Å². The monoisotopic (exact) mass is 458 g/mol. The van der Waals surface area contributed by atoms with E-state index in [0.717, 1.165) is 27.9 Å². The average molecular weight is 458 g/mol. The number of pyridine rings is 1. The van der Waals surface area contributed by atoms with Gasteiger partial charge in [-0.05, 0) is 47.5 Å². The van der Waals surface area contributed by atoms with Gasteiger partial charge in [0.2, 0.25) is 0 Å². The lowest BCUT2D eigenvalue weighted by Gasteiger charge is -2.32. The summed E-state index contributed by atoms with van der Waals surface area (Å²) in [4.78, 5) is 17.5. The molecule has 0 spiro atoms. The summed E-state index contributed by atoms with van der Waals surface area (Å²) in [5, 5.41) is 14.7. The van der Waals surface area contributed by atoms with Crippen molar-refractivity contribution >= 4 is 6.09 Å². The van der Waals surface area contributed by atoms with Crippen molar-refractivity contribution in [2.24, 2.45) is 0 Å². The number of carboxylic acid groups (broad SMARTS) is 1. The highest BCUT2D eigenvalue weighted by molar-refractivity contribution is 5.83. The smallest absolute Gasteiger partial charge is 0.407 e. The van der Waals surface area contributed by atoms with E-state index in [1.165, 1.54) is 17.0 Å². The summed E-state index contributed by atoms with van der Waals surface area (Å²) < 4.78 is 21.5. The number of benzene rings is 2. The second-order valence-electron chi connectivity index (χ2n) is 8.18. The highest BCUT2D eigenvalue weighted by Gasteiger charge is 2.33. The molecule has 0 saturated heterocycles. The molecule has 0 fully saturated rings. The number of nitrogens with zero attached hydrogens (tertiary/aromatic N) is 4. The van der Waals surface area contributed by atoms with E-state index in [1.807, 2.05) is 47.1 Å². The molecule has 1 atom stereocenters. The maximum absolute atomic E-state index is 13.6. The van der Waals surface area contributed by atoms with Gasteiger partial charge in [-0.2, -0.15) is 5.10 Å². The molecule has 1 aliphatic rings. The fourth-order valence-corrected chi connectivity index (χ4v) is 4.29. The minimum Gasteiger partial charge on any atom is -0.465 e. The van der Waals surface area contributed by atoms with Crippen molar-refractivity contribution in [1.82, 2.24) is 19.7 Å². The Balaban J connectivity index is 1.56. The van der Waals surface area contributed by atoms with Crippen molar-refractivity contribution in [3.05, 3.63) is 96.2 Å². The molecule has 1 amide bonds. The van der Waals surface area contributed by atoms with Gasteiger partial charge in [-0.25, -0.2) is 9.18 Å². The Kier molecular flexibility index (Phi) is 6.05. The van der Waals surface area contributed by atoms with Gasteiger partial charge in [-0.15, -0.1) is 0 Å². The molecule has 5 rings (SSSR count). The summed E-state index contributed by atoms with van der Waals surface area (Å²) in [6.07, 6.45) is 2.38. The summed E-state index contributed by atoms with van der Waals surface area (Å²) >= 11 is 0. The molecule has 1 N–H and O–H groups in total. The summed E-state index contributed by atoms with van der Waals surface area (Å²) in [5.41, 5.74) is 4.91. The first-order valence-electron chi connectivity index (χ1n) is 11.0. The van der Waals surface area contributed by atoms with E-state index in [0.29, 0.717) is 18.9 Å². The van der Waals surface area contributed by atoms with E-state index in [-0.39, 0.29) is 24.9 Å². The first-order chi connectivity index (χ1) is 16.6. The lowest BCUT2D eigenvalue weighted by atomic mass is 9.98. The Morgan fingerprint density at radius 3 is 2.47 bits per heavy atom. The van der Waals surface area contributed by atoms with Crippen molar-refractivity contribution in [2.45, 2.75) is 19.2 Å². The number of ether oxygens (including phenoxy) is 1. The number of hydrogen-bond donors (Lipinski definition) is 1. The highest BCUT2D eigenvalue weighted by atomic mass is 19.1. The van der Waals surface area contributed by atoms with Crippen LogP contribution in [0.4, 0.5) is 9.18 Å². The Morgan fingerprint density at radius 1 is 1.03 bits per heavy atom. The summed E-state index contributed by atoms with van der Waals surface area (Å²) in [6.45, 7) is 1.17. The zero-order valence-electron chi connectivity index (χ0n) is 18.3. The molecule has 1 aliphatic heterocycles. The van der Waals surface area contributed by atoms with Crippen LogP contribution in [-0.2, 0) is 17.9 Å². The van der Waals surface area contributed by atoms with Gasteiger partial charge in [0.05, 0.1) is 31.5 Å². The van der Waals surface area contributed by atoms with Crippen molar-refractivity contribution in [3.8, 4) is 22.4 Å². The molecule has 0 aliphatic carbocycles. The number of rotatable bonds is 6. The fourth-order valence-electron chi connectivity index (χ4n) is 4.29. The normalized spacial score (nSPS) is 15.2. The predicted octanol–water partition coefficient (Wildman–Crippen LogP) is 5.00. The number of amides is 1. The number of aromatic nitrogens is 3. The van der Waals surface area contributed by atoms with Crippen LogP contribution < -0.4 is 0 Å². The zero-order valence-corrected chi connectivity index (χ0v) is 18.3. The van der Waals surface area contributed by atoms with Gasteiger partial charge in [-0.3, -0.25) is 9.67 Å². The molecular formula is C26H23FN4O3. The van der Waals surface area contributed by atoms with Gasteiger partial charge < -0.3 is 14.7 Å². The maximum atomic E-state index is 13.6. The number of hydrogen-bond acceptors (Lipinski definition) is 4.